The van der Waals surface area contributed by atoms with Crippen molar-refractivity contribution in [1.29, 1.82) is 5.41 Å². The first-order valence-corrected chi connectivity index (χ1v) is 8.04. The normalized spacial score (nSPS) is 16.8. The maximum absolute atomic E-state index is 12.7. The quantitative estimate of drug-likeness (QED) is 0.613. The summed E-state index contributed by atoms with van der Waals surface area (Å²) in [6, 6.07) is 5.09. The Morgan fingerprint density at radius 1 is 1.29 bits per heavy atom. The number of guanidine groups is 1. The Bertz CT molecular complexity index is 637. The van der Waals surface area contributed by atoms with Crippen LogP contribution in [0.4, 0.5) is 0 Å². The van der Waals surface area contributed by atoms with Crippen LogP contribution in [0.2, 0.25) is 0 Å². The van der Waals surface area contributed by atoms with E-state index in [1.807, 2.05) is 13.0 Å². The van der Waals surface area contributed by atoms with Gasteiger partial charge in [0.05, 0.1) is 7.11 Å². The van der Waals surface area contributed by atoms with Crippen LogP contribution in [0.3, 0.4) is 0 Å². The summed E-state index contributed by atoms with van der Waals surface area (Å²) in [6.07, 6.45) is 0. The largest absolute Gasteiger partial charge is 0.495 e. The van der Waals surface area contributed by atoms with E-state index in [1.54, 1.807) is 17.0 Å². The average molecular weight is 312 g/mol. The summed E-state index contributed by atoms with van der Waals surface area (Å²) in [6.45, 7) is 3.29. The number of piperazine rings is 1. The number of nitrogens with two attached hydrogens (primary N) is 1. The van der Waals surface area contributed by atoms with Gasteiger partial charge in [-0.2, -0.15) is 4.31 Å². The highest BCUT2D eigenvalue weighted by atomic mass is 32.2. The summed E-state index contributed by atoms with van der Waals surface area (Å²) in [5.41, 5.74) is 6.28. The number of aryl methyl sites for hydroxylation is 1. The fourth-order valence-corrected chi connectivity index (χ4v) is 3.96. The molecule has 0 aliphatic carbocycles. The van der Waals surface area contributed by atoms with E-state index in [4.69, 9.17) is 15.9 Å². The van der Waals surface area contributed by atoms with E-state index >= 15 is 0 Å². The van der Waals surface area contributed by atoms with Gasteiger partial charge in [-0.05, 0) is 24.6 Å². The molecule has 1 aromatic rings. The van der Waals surface area contributed by atoms with Gasteiger partial charge in [-0.15, -0.1) is 0 Å². The highest BCUT2D eigenvalue weighted by Gasteiger charge is 2.31. The Hall–Kier alpha value is -1.80. The first kappa shape index (κ1) is 15.6. The molecule has 1 saturated heterocycles. The standard InChI is InChI=1S/C13H20N4O3S/c1-10-3-4-11(20-2)12(9-10)21(18,19)17-7-5-16(6-8-17)13(14)15/h3-4,9H,5-8H2,1-2H3,(H3,14,15). The minimum Gasteiger partial charge on any atom is -0.495 e. The Kier molecular flexibility index (Phi) is 4.38. The van der Waals surface area contributed by atoms with E-state index in [0.717, 1.165) is 5.56 Å². The van der Waals surface area contributed by atoms with Crippen molar-refractivity contribution in [3.8, 4) is 5.75 Å². The fourth-order valence-electron chi connectivity index (χ4n) is 2.29. The van der Waals surface area contributed by atoms with Crippen LogP contribution >= 0.6 is 0 Å². The predicted octanol–water partition coefficient (Wildman–Crippen LogP) is 0.203. The van der Waals surface area contributed by atoms with Crippen LogP contribution in [0.1, 0.15) is 5.56 Å². The molecule has 0 radical (unpaired) electrons. The molecule has 0 spiro atoms. The zero-order valence-corrected chi connectivity index (χ0v) is 13.0. The molecule has 2 rings (SSSR count). The number of benzene rings is 1. The maximum atomic E-state index is 12.7. The monoisotopic (exact) mass is 312 g/mol. The second kappa shape index (κ2) is 5.90. The summed E-state index contributed by atoms with van der Waals surface area (Å²) < 4.78 is 32.0. The minimum atomic E-state index is -3.61. The summed E-state index contributed by atoms with van der Waals surface area (Å²) in [5, 5.41) is 7.38. The third kappa shape index (κ3) is 3.11. The van der Waals surface area contributed by atoms with Crippen LogP contribution in [0, 0.1) is 12.3 Å². The highest BCUT2D eigenvalue weighted by Crippen LogP contribution is 2.28. The summed E-state index contributed by atoms with van der Waals surface area (Å²) in [5.74, 6) is 0.315. The number of nitrogens with zero attached hydrogens (tertiary/aromatic N) is 2. The van der Waals surface area contributed by atoms with Crippen molar-refractivity contribution in [3.05, 3.63) is 23.8 Å². The molecular weight excluding hydrogens is 292 g/mol. The van der Waals surface area contributed by atoms with Crippen LogP contribution in [-0.2, 0) is 10.0 Å². The van der Waals surface area contributed by atoms with Crippen molar-refractivity contribution in [2.24, 2.45) is 5.73 Å². The minimum absolute atomic E-state index is 0.0276. The van der Waals surface area contributed by atoms with Gasteiger partial charge < -0.3 is 15.4 Å². The smallest absolute Gasteiger partial charge is 0.246 e. The van der Waals surface area contributed by atoms with E-state index in [9.17, 15) is 8.42 Å². The van der Waals surface area contributed by atoms with Crippen molar-refractivity contribution in [2.45, 2.75) is 11.8 Å². The van der Waals surface area contributed by atoms with Crippen LogP contribution < -0.4 is 10.5 Å². The zero-order valence-electron chi connectivity index (χ0n) is 12.2. The predicted molar refractivity (Wildman–Crippen MR) is 80.0 cm³/mol. The van der Waals surface area contributed by atoms with Gasteiger partial charge in [-0.3, -0.25) is 5.41 Å². The lowest BCUT2D eigenvalue weighted by Crippen LogP contribution is -2.52. The van der Waals surface area contributed by atoms with Crippen molar-refractivity contribution >= 4 is 16.0 Å². The van der Waals surface area contributed by atoms with E-state index in [2.05, 4.69) is 0 Å². The van der Waals surface area contributed by atoms with Crippen molar-refractivity contribution in [2.75, 3.05) is 33.3 Å². The molecule has 1 aliphatic rings. The molecule has 116 valence electrons. The number of hydrogen-bond acceptors (Lipinski definition) is 4. The second-order valence-electron chi connectivity index (χ2n) is 4.93. The number of nitrogens with one attached hydrogen (secondary N) is 1. The summed E-state index contributed by atoms with van der Waals surface area (Å²) in [4.78, 5) is 1.83. The van der Waals surface area contributed by atoms with Crippen LogP contribution in [0.25, 0.3) is 0 Å². The Morgan fingerprint density at radius 2 is 1.90 bits per heavy atom. The Balaban J connectivity index is 2.27. The molecule has 1 fully saturated rings. The fraction of sp³-hybridized carbons (Fsp3) is 0.462. The van der Waals surface area contributed by atoms with Gasteiger partial charge in [-0.1, -0.05) is 6.07 Å². The van der Waals surface area contributed by atoms with Gasteiger partial charge in [0, 0.05) is 26.2 Å². The molecule has 1 aromatic carbocycles. The Morgan fingerprint density at radius 3 is 2.43 bits per heavy atom. The summed E-state index contributed by atoms with van der Waals surface area (Å²) in [7, 11) is -2.15. The van der Waals surface area contributed by atoms with Crippen molar-refractivity contribution < 1.29 is 13.2 Å². The molecule has 3 N–H and O–H groups in total. The molecule has 0 atom stereocenters. The van der Waals surface area contributed by atoms with E-state index in [-0.39, 0.29) is 10.9 Å². The topological polar surface area (TPSA) is 99.7 Å². The lowest BCUT2D eigenvalue weighted by atomic mass is 10.2. The molecule has 0 aromatic heterocycles. The summed E-state index contributed by atoms with van der Waals surface area (Å²) >= 11 is 0. The van der Waals surface area contributed by atoms with Gasteiger partial charge in [-0.25, -0.2) is 8.42 Å². The van der Waals surface area contributed by atoms with E-state index in [0.29, 0.717) is 31.9 Å². The van der Waals surface area contributed by atoms with Gasteiger partial charge in [0.15, 0.2) is 5.96 Å². The molecule has 0 unspecified atom stereocenters. The molecule has 7 nitrogen and oxygen atoms in total. The Labute approximate surface area is 124 Å². The van der Waals surface area contributed by atoms with Gasteiger partial charge in [0.1, 0.15) is 10.6 Å². The molecule has 0 bridgehead atoms. The molecule has 1 heterocycles. The number of ether oxygens (including phenoxy) is 1. The molecule has 8 heteroatoms. The zero-order chi connectivity index (χ0) is 15.6. The number of sulfonamides is 1. The first-order valence-electron chi connectivity index (χ1n) is 6.60. The number of methoxy groups -OCH3 is 1. The molecule has 0 amide bonds. The number of rotatable bonds is 3. The van der Waals surface area contributed by atoms with Gasteiger partial charge in [0.25, 0.3) is 0 Å². The number of hydrogen-bond donors (Lipinski definition) is 2. The lowest BCUT2D eigenvalue weighted by molar-refractivity contribution is 0.262. The van der Waals surface area contributed by atoms with Crippen LogP contribution in [-0.4, -0.2) is 56.9 Å². The van der Waals surface area contributed by atoms with Gasteiger partial charge in [0.2, 0.25) is 10.0 Å². The van der Waals surface area contributed by atoms with Crippen LogP contribution in [0.15, 0.2) is 23.1 Å². The molecule has 1 aliphatic heterocycles. The van der Waals surface area contributed by atoms with Crippen molar-refractivity contribution in [1.82, 2.24) is 9.21 Å². The van der Waals surface area contributed by atoms with Gasteiger partial charge >= 0.3 is 0 Å². The van der Waals surface area contributed by atoms with Crippen molar-refractivity contribution in [3.63, 3.8) is 0 Å². The first-order chi connectivity index (χ1) is 9.86. The SMILES string of the molecule is COc1ccc(C)cc1S(=O)(=O)N1CCN(C(=N)N)CC1. The average Bonchev–Trinajstić information content (AvgIpc) is 2.47. The third-order valence-corrected chi connectivity index (χ3v) is 5.44. The molecule has 21 heavy (non-hydrogen) atoms. The molecular formula is C13H20N4O3S. The third-order valence-electron chi connectivity index (χ3n) is 3.52. The van der Waals surface area contributed by atoms with Crippen LogP contribution in [0.5, 0.6) is 5.75 Å². The second-order valence-corrected chi connectivity index (χ2v) is 6.84. The lowest BCUT2D eigenvalue weighted by Gasteiger charge is -2.34. The maximum Gasteiger partial charge on any atom is 0.246 e. The molecule has 0 saturated carbocycles. The van der Waals surface area contributed by atoms with E-state index < -0.39 is 10.0 Å². The highest BCUT2D eigenvalue weighted by molar-refractivity contribution is 7.89. The van der Waals surface area contributed by atoms with E-state index in [1.165, 1.54) is 11.4 Å².